The predicted octanol–water partition coefficient (Wildman–Crippen LogP) is 1.76. The smallest absolute Gasteiger partial charge is 0.307 e. The van der Waals surface area contributed by atoms with Crippen LogP contribution in [0.3, 0.4) is 0 Å². The molecule has 0 spiro atoms. The summed E-state index contributed by atoms with van der Waals surface area (Å²) in [5.74, 6) is -0.329. The molecule has 0 unspecified atom stereocenters. The van der Waals surface area contributed by atoms with Crippen LogP contribution >= 0.6 is 0 Å². The van der Waals surface area contributed by atoms with Gasteiger partial charge < -0.3 is 9.84 Å². The summed E-state index contributed by atoms with van der Waals surface area (Å²) in [4.78, 5) is 10.7. The van der Waals surface area contributed by atoms with Crippen molar-refractivity contribution >= 4 is 5.97 Å². The Morgan fingerprint density at radius 1 is 1.56 bits per heavy atom. The van der Waals surface area contributed by atoms with Crippen LogP contribution in [0.2, 0.25) is 0 Å². The average molecular weight is 219 g/mol. The molecular formula is C12H13NO3. The molecule has 4 heteroatoms. The fraction of sp³-hybridized carbons (Fsp3) is 0.333. The topological polar surface area (TPSA) is 70.3 Å². The van der Waals surface area contributed by atoms with E-state index in [-0.39, 0.29) is 6.42 Å². The fourth-order valence-electron chi connectivity index (χ4n) is 1.67. The lowest BCUT2D eigenvalue weighted by molar-refractivity contribution is -0.136. The Morgan fingerprint density at radius 2 is 2.25 bits per heavy atom. The van der Waals surface area contributed by atoms with Crippen LogP contribution in [0.1, 0.15) is 23.6 Å². The molecule has 0 radical (unpaired) electrons. The summed E-state index contributed by atoms with van der Waals surface area (Å²) in [5.41, 5.74) is 1.92. The first-order valence-corrected chi connectivity index (χ1v) is 4.94. The molecule has 0 aliphatic heterocycles. The van der Waals surface area contributed by atoms with Gasteiger partial charge in [-0.15, -0.1) is 0 Å². The number of aliphatic carboxylic acids is 1. The van der Waals surface area contributed by atoms with Gasteiger partial charge in [-0.1, -0.05) is 6.92 Å². The van der Waals surface area contributed by atoms with Crippen molar-refractivity contribution in [1.29, 1.82) is 5.26 Å². The second-order valence-electron chi connectivity index (χ2n) is 3.35. The van der Waals surface area contributed by atoms with Gasteiger partial charge in [0.05, 0.1) is 25.2 Å². The summed E-state index contributed by atoms with van der Waals surface area (Å²) in [6.45, 7) is 1.93. The van der Waals surface area contributed by atoms with Crippen LogP contribution in [0, 0.1) is 11.3 Å². The average Bonchev–Trinajstić information content (AvgIpc) is 2.27. The highest BCUT2D eigenvalue weighted by atomic mass is 16.5. The van der Waals surface area contributed by atoms with E-state index >= 15 is 0 Å². The number of rotatable bonds is 4. The Labute approximate surface area is 94.1 Å². The summed E-state index contributed by atoms with van der Waals surface area (Å²) >= 11 is 0. The number of carboxylic acid groups (broad SMARTS) is 1. The standard InChI is InChI=1S/C12H13NO3/c1-3-10-9(6-12(14)15)4-8(7-13)5-11(10)16-2/h4-5H,3,6H2,1-2H3,(H,14,15). The second kappa shape index (κ2) is 5.17. The molecule has 1 rings (SSSR count). The highest BCUT2D eigenvalue weighted by Gasteiger charge is 2.12. The fourth-order valence-corrected chi connectivity index (χ4v) is 1.67. The molecule has 4 nitrogen and oxygen atoms in total. The van der Waals surface area contributed by atoms with Crippen molar-refractivity contribution in [3.05, 3.63) is 28.8 Å². The van der Waals surface area contributed by atoms with E-state index < -0.39 is 5.97 Å². The maximum Gasteiger partial charge on any atom is 0.307 e. The third kappa shape index (κ3) is 2.51. The van der Waals surface area contributed by atoms with Crippen molar-refractivity contribution in [2.45, 2.75) is 19.8 Å². The first-order valence-electron chi connectivity index (χ1n) is 4.94. The third-order valence-corrected chi connectivity index (χ3v) is 2.35. The van der Waals surface area contributed by atoms with E-state index in [1.165, 1.54) is 7.11 Å². The largest absolute Gasteiger partial charge is 0.496 e. The number of hydrogen-bond acceptors (Lipinski definition) is 3. The highest BCUT2D eigenvalue weighted by Crippen LogP contribution is 2.25. The number of ether oxygens (including phenoxy) is 1. The van der Waals surface area contributed by atoms with Crippen LogP contribution < -0.4 is 4.74 Å². The predicted molar refractivity (Wildman–Crippen MR) is 58.4 cm³/mol. The molecule has 0 aromatic heterocycles. The molecule has 0 saturated carbocycles. The Bertz CT molecular complexity index is 446. The number of carboxylic acids is 1. The molecule has 0 bridgehead atoms. The molecule has 1 aromatic rings. The molecule has 1 N–H and O–H groups in total. The molecule has 0 heterocycles. The minimum absolute atomic E-state index is 0.0882. The van der Waals surface area contributed by atoms with E-state index in [0.717, 1.165) is 5.56 Å². The van der Waals surface area contributed by atoms with E-state index in [1.54, 1.807) is 12.1 Å². The molecule has 0 aliphatic rings. The number of methoxy groups -OCH3 is 1. The number of hydrogen-bond donors (Lipinski definition) is 1. The maximum atomic E-state index is 10.7. The van der Waals surface area contributed by atoms with Crippen LogP contribution in [0.5, 0.6) is 5.75 Å². The van der Waals surface area contributed by atoms with Gasteiger partial charge in [0, 0.05) is 0 Å². The monoisotopic (exact) mass is 219 g/mol. The van der Waals surface area contributed by atoms with Gasteiger partial charge in [0.2, 0.25) is 0 Å². The lowest BCUT2D eigenvalue weighted by Crippen LogP contribution is -2.05. The van der Waals surface area contributed by atoms with Gasteiger partial charge in [0.1, 0.15) is 5.75 Å². The van der Waals surface area contributed by atoms with Crippen LogP contribution in [-0.4, -0.2) is 18.2 Å². The first-order chi connectivity index (χ1) is 7.62. The zero-order chi connectivity index (χ0) is 12.1. The van der Waals surface area contributed by atoms with Crippen molar-refractivity contribution in [3.8, 4) is 11.8 Å². The van der Waals surface area contributed by atoms with Gasteiger partial charge >= 0.3 is 5.97 Å². The molecule has 0 atom stereocenters. The molecule has 0 aliphatic carbocycles. The second-order valence-corrected chi connectivity index (χ2v) is 3.35. The number of carbonyl (C=O) groups is 1. The SMILES string of the molecule is CCc1c(CC(=O)O)cc(C#N)cc1OC. The lowest BCUT2D eigenvalue weighted by Gasteiger charge is -2.11. The Hall–Kier alpha value is -2.02. The van der Waals surface area contributed by atoms with Gasteiger partial charge in [-0.3, -0.25) is 4.79 Å². The normalized spacial score (nSPS) is 9.56. The van der Waals surface area contributed by atoms with Crippen LogP contribution in [-0.2, 0) is 17.6 Å². The summed E-state index contributed by atoms with van der Waals surface area (Å²) < 4.78 is 5.16. The van der Waals surface area contributed by atoms with Gasteiger partial charge in [-0.2, -0.15) is 5.26 Å². The van der Waals surface area contributed by atoms with Crippen molar-refractivity contribution in [2.75, 3.05) is 7.11 Å². The van der Waals surface area contributed by atoms with Crippen molar-refractivity contribution in [3.63, 3.8) is 0 Å². The highest BCUT2D eigenvalue weighted by molar-refractivity contribution is 5.71. The summed E-state index contributed by atoms with van der Waals surface area (Å²) in [6, 6.07) is 5.23. The molecule has 16 heavy (non-hydrogen) atoms. The number of benzene rings is 1. The van der Waals surface area contributed by atoms with Crippen LogP contribution in [0.25, 0.3) is 0 Å². The Morgan fingerprint density at radius 3 is 2.69 bits per heavy atom. The van der Waals surface area contributed by atoms with Gasteiger partial charge in [-0.25, -0.2) is 0 Å². The Balaban J connectivity index is 3.32. The molecule has 84 valence electrons. The van der Waals surface area contributed by atoms with E-state index in [2.05, 4.69) is 0 Å². The maximum absolute atomic E-state index is 10.7. The molecule has 0 amide bonds. The number of nitriles is 1. The van der Waals surface area contributed by atoms with Gasteiger partial charge in [-0.05, 0) is 29.7 Å². The van der Waals surface area contributed by atoms with Crippen molar-refractivity contribution in [2.24, 2.45) is 0 Å². The lowest BCUT2D eigenvalue weighted by atomic mass is 9.98. The zero-order valence-corrected chi connectivity index (χ0v) is 9.28. The third-order valence-electron chi connectivity index (χ3n) is 2.35. The van der Waals surface area contributed by atoms with Gasteiger partial charge in [0.15, 0.2) is 0 Å². The zero-order valence-electron chi connectivity index (χ0n) is 9.28. The van der Waals surface area contributed by atoms with Crippen LogP contribution in [0.4, 0.5) is 0 Å². The quantitative estimate of drug-likeness (QED) is 0.837. The molecular weight excluding hydrogens is 206 g/mol. The molecule has 1 aromatic carbocycles. The Kier molecular flexibility index (Phi) is 3.90. The van der Waals surface area contributed by atoms with E-state index in [0.29, 0.717) is 23.3 Å². The summed E-state index contributed by atoms with van der Waals surface area (Å²) in [6.07, 6.45) is 0.590. The minimum Gasteiger partial charge on any atom is -0.496 e. The van der Waals surface area contributed by atoms with Crippen LogP contribution in [0.15, 0.2) is 12.1 Å². The van der Waals surface area contributed by atoms with E-state index in [4.69, 9.17) is 15.1 Å². The first kappa shape index (κ1) is 12.1. The van der Waals surface area contributed by atoms with Crippen molar-refractivity contribution < 1.29 is 14.6 Å². The number of nitrogens with zero attached hydrogens (tertiary/aromatic N) is 1. The minimum atomic E-state index is -0.910. The summed E-state index contributed by atoms with van der Waals surface area (Å²) in [5, 5.41) is 17.6. The van der Waals surface area contributed by atoms with Gasteiger partial charge in [0.25, 0.3) is 0 Å². The summed E-state index contributed by atoms with van der Waals surface area (Å²) in [7, 11) is 1.51. The van der Waals surface area contributed by atoms with E-state index in [9.17, 15) is 4.79 Å². The van der Waals surface area contributed by atoms with Crippen molar-refractivity contribution in [1.82, 2.24) is 0 Å². The molecule has 0 fully saturated rings. The van der Waals surface area contributed by atoms with E-state index in [1.807, 2.05) is 13.0 Å². The molecule has 0 saturated heterocycles.